The van der Waals surface area contributed by atoms with Crippen molar-refractivity contribution in [1.29, 1.82) is 0 Å². The van der Waals surface area contributed by atoms with Gasteiger partial charge in [0.1, 0.15) is 11.5 Å². The van der Waals surface area contributed by atoms with E-state index in [0.29, 0.717) is 17.9 Å². The lowest BCUT2D eigenvalue weighted by Gasteiger charge is -2.28. The molecule has 2 aromatic carbocycles. The van der Waals surface area contributed by atoms with E-state index in [2.05, 4.69) is 45.1 Å². The number of aryl methyl sites for hydroxylation is 1. The van der Waals surface area contributed by atoms with Crippen molar-refractivity contribution in [3.05, 3.63) is 71.8 Å². The molecule has 40 heavy (non-hydrogen) atoms. The van der Waals surface area contributed by atoms with Gasteiger partial charge in [0.05, 0.1) is 12.2 Å². The van der Waals surface area contributed by atoms with Gasteiger partial charge in [0.2, 0.25) is 0 Å². The van der Waals surface area contributed by atoms with Crippen LogP contribution in [0.4, 0.5) is 0 Å². The van der Waals surface area contributed by atoms with E-state index >= 15 is 0 Å². The summed E-state index contributed by atoms with van der Waals surface area (Å²) in [6, 6.07) is 15.3. The summed E-state index contributed by atoms with van der Waals surface area (Å²) >= 11 is 0. The van der Waals surface area contributed by atoms with E-state index in [1.165, 1.54) is 89.0 Å². The first-order valence-electron chi connectivity index (χ1n) is 16.3. The highest BCUT2D eigenvalue weighted by Gasteiger charge is 2.20. The van der Waals surface area contributed by atoms with Crippen LogP contribution in [0.25, 0.3) is 0 Å². The molecule has 0 bridgehead atoms. The number of esters is 1. The molecule has 0 aromatic heterocycles. The number of rotatable bonds is 18. The fourth-order valence-corrected chi connectivity index (χ4v) is 5.60. The molecule has 0 unspecified atom stereocenters. The van der Waals surface area contributed by atoms with E-state index < -0.39 is 0 Å². The van der Waals surface area contributed by atoms with E-state index in [1.54, 1.807) is 12.1 Å². The third kappa shape index (κ3) is 12.3. The minimum absolute atomic E-state index is 0.332. The first kappa shape index (κ1) is 32.0. The first-order chi connectivity index (χ1) is 19.6. The molecule has 0 spiro atoms. The summed E-state index contributed by atoms with van der Waals surface area (Å²) in [4.78, 5) is 12.6. The predicted molar refractivity (Wildman–Crippen MR) is 168 cm³/mol. The van der Waals surface area contributed by atoms with Crippen LogP contribution in [-0.2, 0) is 6.42 Å². The summed E-state index contributed by atoms with van der Waals surface area (Å²) in [5, 5.41) is 0. The van der Waals surface area contributed by atoms with Gasteiger partial charge in [-0.25, -0.2) is 4.79 Å². The van der Waals surface area contributed by atoms with Crippen molar-refractivity contribution in [2.24, 2.45) is 17.8 Å². The fraction of sp³-hybridized carbons (Fsp3) is 0.595. The Morgan fingerprint density at radius 1 is 0.850 bits per heavy atom. The number of hydrogen-bond acceptors (Lipinski definition) is 3. The van der Waals surface area contributed by atoms with Crippen molar-refractivity contribution in [3.8, 4) is 11.5 Å². The smallest absolute Gasteiger partial charge is 0.343 e. The summed E-state index contributed by atoms with van der Waals surface area (Å²) in [6.07, 6.45) is 23.9. The van der Waals surface area contributed by atoms with Gasteiger partial charge in [0.25, 0.3) is 0 Å². The Hall–Kier alpha value is -2.55. The van der Waals surface area contributed by atoms with E-state index in [-0.39, 0.29) is 5.97 Å². The summed E-state index contributed by atoms with van der Waals surface area (Å²) < 4.78 is 11.5. The van der Waals surface area contributed by atoms with Gasteiger partial charge in [-0.15, -0.1) is 0 Å². The molecule has 0 N–H and O–H groups in total. The van der Waals surface area contributed by atoms with Crippen LogP contribution in [0.2, 0.25) is 0 Å². The average Bonchev–Trinajstić information content (AvgIpc) is 2.99. The predicted octanol–water partition coefficient (Wildman–Crippen LogP) is 10.8. The van der Waals surface area contributed by atoms with Crippen LogP contribution in [-0.4, -0.2) is 12.6 Å². The second-order valence-corrected chi connectivity index (χ2v) is 12.0. The molecule has 3 rings (SSSR count). The Labute approximate surface area is 244 Å². The van der Waals surface area contributed by atoms with Gasteiger partial charge in [0, 0.05) is 0 Å². The van der Waals surface area contributed by atoms with Gasteiger partial charge in [0.15, 0.2) is 0 Å². The van der Waals surface area contributed by atoms with Crippen LogP contribution in [0.15, 0.2) is 60.7 Å². The normalized spacial score (nSPS) is 18.1. The molecule has 0 aliphatic heterocycles. The van der Waals surface area contributed by atoms with Gasteiger partial charge in [-0.1, -0.05) is 96.4 Å². The minimum atomic E-state index is -0.332. The molecule has 0 heterocycles. The van der Waals surface area contributed by atoms with Crippen LogP contribution in [0.5, 0.6) is 11.5 Å². The molecule has 2 aromatic rings. The fourth-order valence-electron chi connectivity index (χ4n) is 5.60. The Morgan fingerprint density at radius 3 is 2.25 bits per heavy atom. The molecule has 1 aliphatic rings. The van der Waals surface area contributed by atoms with Gasteiger partial charge < -0.3 is 9.47 Å². The summed E-state index contributed by atoms with van der Waals surface area (Å²) in [6.45, 7) is 7.55. The zero-order chi connectivity index (χ0) is 28.4. The van der Waals surface area contributed by atoms with E-state index in [0.717, 1.165) is 36.3 Å². The molecular formula is C37H54O3. The number of allylic oxidation sites excluding steroid dienone is 2. The van der Waals surface area contributed by atoms with Gasteiger partial charge in [-0.05, 0) is 105 Å². The summed E-state index contributed by atoms with van der Waals surface area (Å²) in [5.74, 6) is 3.62. The SMILES string of the molecule is CCCC/C=C\CC1CCC(CCc2ccc(OC(=O)c3ccc(OCCCCC[C@@H](C)CC)cc3)cc2)CC1. The number of ether oxygens (including phenoxy) is 2. The topological polar surface area (TPSA) is 35.5 Å². The van der Waals surface area contributed by atoms with Crippen molar-refractivity contribution in [3.63, 3.8) is 0 Å². The highest BCUT2D eigenvalue weighted by molar-refractivity contribution is 5.91. The summed E-state index contributed by atoms with van der Waals surface area (Å²) in [7, 11) is 0. The maximum atomic E-state index is 12.6. The quantitative estimate of drug-likeness (QED) is 0.0807. The van der Waals surface area contributed by atoms with Crippen molar-refractivity contribution in [2.45, 2.75) is 117 Å². The molecule has 1 fully saturated rings. The lowest BCUT2D eigenvalue weighted by molar-refractivity contribution is 0.0734. The third-order valence-corrected chi connectivity index (χ3v) is 8.70. The molecule has 220 valence electrons. The molecule has 1 saturated carbocycles. The molecular weight excluding hydrogens is 492 g/mol. The zero-order valence-corrected chi connectivity index (χ0v) is 25.5. The lowest BCUT2D eigenvalue weighted by atomic mass is 9.78. The third-order valence-electron chi connectivity index (χ3n) is 8.70. The van der Waals surface area contributed by atoms with Crippen LogP contribution in [0, 0.1) is 17.8 Å². The Morgan fingerprint density at radius 2 is 1.55 bits per heavy atom. The van der Waals surface area contributed by atoms with Gasteiger partial charge in [-0.2, -0.15) is 0 Å². The minimum Gasteiger partial charge on any atom is -0.494 e. The molecule has 3 nitrogen and oxygen atoms in total. The maximum absolute atomic E-state index is 12.6. The monoisotopic (exact) mass is 546 g/mol. The molecule has 0 saturated heterocycles. The van der Waals surface area contributed by atoms with Crippen LogP contribution < -0.4 is 9.47 Å². The highest BCUT2D eigenvalue weighted by Crippen LogP contribution is 2.33. The standard InChI is InChI=1S/C37H54O3/c1-4-6-7-8-11-14-31-15-17-32(18-16-31)19-20-33-21-25-36(26-22-33)40-37(38)34-23-27-35(28-24-34)39-29-12-9-10-13-30(3)5-2/h8,11,21-28,30-32H,4-7,9-10,12-20,29H2,1-3H3/b11-8-/t30-,31?,32?/m0/s1. The van der Waals surface area contributed by atoms with Crippen molar-refractivity contribution < 1.29 is 14.3 Å². The Balaban J connectivity index is 1.31. The number of benzene rings is 2. The summed E-state index contributed by atoms with van der Waals surface area (Å²) in [5.41, 5.74) is 1.86. The molecule has 0 amide bonds. The van der Waals surface area contributed by atoms with Crippen molar-refractivity contribution >= 4 is 5.97 Å². The number of carbonyl (C=O) groups excluding carboxylic acids is 1. The van der Waals surface area contributed by atoms with Gasteiger partial charge >= 0.3 is 5.97 Å². The van der Waals surface area contributed by atoms with Crippen molar-refractivity contribution in [1.82, 2.24) is 0 Å². The Bertz CT molecular complexity index is 967. The molecule has 1 aliphatic carbocycles. The van der Waals surface area contributed by atoms with Crippen LogP contribution >= 0.6 is 0 Å². The number of unbranched alkanes of at least 4 members (excludes halogenated alkanes) is 4. The number of carbonyl (C=O) groups is 1. The second kappa shape index (κ2) is 18.7. The number of hydrogen-bond donors (Lipinski definition) is 0. The Kier molecular flexibility index (Phi) is 15.0. The average molecular weight is 547 g/mol. The molecule has 0 radical (unpaired) electrons. The van der Waals surface area contributed by atoms with E-state index in [9.17, 15) is 4.79 Å². The first-order valence-corrected chi connectivity index (χ1v) is 16.3. The second-order valence-electron chi connectivity index (χ2n) is 12.0. The van der Waals surface area contributed by atoms with Crippen molar-refractivity contribution in [2.75, 3.05) is 6.61 Å². The maximum Gasteiger partial charge on any atom is 0.343 e. The molecule has 1 atom stereocenters. The highest BCUT2D eigenvalue weighted by atomic mass is 16.5. The molecule has 3 heteroatoms. The zero-order valence-electron chi connectivity index (χ0n) is 25.5. The van der Waals surface area contributed by atoms with Crippen LogP contribution in [0.3, 0.4) is 0 Å². The van der Waals surface area contributed by atoms with Gasteiger partial charge in [-0.3, -0.25) is 0 Å². The lowest BCUT2D eigenvalue weighted by Crippen LogP contribution is -2.14. The largest absolute Gasteiger partial charge is 0.494 e. The van der Waals surface area contributed by atoms with E-state index in [4.69, 9.17) is 9.47 Å². The van der Waals surface area contributed by atoms with E-state index in [1.807, 2.05) is 24.3 Å². The van der Waals surface area contributed by atoms with Crippen LogP contribution in [0.1, 0.15) is 127 Å².